The van der Waals surface area contributed by atoms with Gasteiger partial charge in [0.2, 0.25) is 5.91 Å². The molecule has 2 saturated carbocycles. The first-order valence-electron chi connectivity index (χ1n) is 9.11. The third kappa shape index (κ3) is 5.46. The topological polar surface area (TPSA) is 70.7 Å². The van der Waals surface area contributed by atoms with Crippen LogP contribution < -0.4 is 15.4 Å². The van der Waals surface area contributed by atoms with Crippen molar-refractivity contribution >= 4 is 11.9 Å². The van der Waals surface area contributed by atoms with Crippen LogP contribution in [0.3, 0.4) is 0 Å². The Hall–Kier alpha value is -2.08. The van der Waals surface area contributed by atoms with Gasteiger partial charge in [0.15, 0.2) is 0 Å². The number of nitrogens with zero attached hydrogens (tertiary/aromatic N) is 1. The first-order valence-corrected chi connectivity index (χ1v) is 9.11. The Kier molecular flexibility index (Phi) is 5.91. The number of hydrogen-bond donors (Lipinski definition) is 2. The van der Waals surface area contributed by atoms with E-state index in [0.717, 1.165) is 49.8 Å². The maximum Gasteiger partial charge on any atom is 0.321 e. The smallest absolute Gasteiger partial charge is 0.321 e. The molecule has 1 aromatic carbocycles. The highest BCUT2D eigenvalue weighted by Crippen LogP contribution is 2.28. The van der Waals surface area contributed by atoms with Gasteiger partial charge in [-0.3, -0.25) is 15.0 Å². The number of hydrogen-bond acceptors (Lipinski definition) is 4. The minimum Gasteiger partial charge on any atom is -0.497 e. The zero-order valence-electron chi connectivity index (χ0n) is 14.8. The summed E-state index contributed by atoms with van der Waals surface area (Å²) in [5.74, 6) is 0.582. The van der Waals surface area contributed by atoms with Gasteiger partial charge >= 0.3 is 6.03 Å². The second-order valence-electron chi connectivity index (χ2n) is 6.99. The highest BCUT2D eigenvalue weighted by molar-refractivity contribution is 5.95. The molecule has 0 aliphatic heterocycles. The molecule has 2 aliphatic carbocycles. The van der Waals surface area contributed by atoms with E-state index in [2.05, 4.69) is 15.5 Å². The summed E-state index contributed by atoms with van der Waals surface area (Å²) in [6, 6.07) is 8.16. The molecule has 0 atom stereocenters. The van der Waals surface area contributed by atoms with Crippen LogP contribution in [-0.2, 0) is 11.3 Å². The summed E-state index contributed by atoms with van der Waals surface area (Å²) in [5.41, 5.74) is 1.14. The average Bonchev–Trinajstić information content (AvgIpc) is 3.33. The van der Waals surface area contributed by atoms with E-state index in [0.29, 0.717) is 12.6 Å². The molecule has 25 heavy (non-hydrogen) atoms. The molecule has 0 aromatic heterocycles. The Labute approximate surface area is 148 Å². The van der Waals surface area contributed by atoms with E-state index >= 15 is 0 Å². The molecule has 2 N–H and O–H groups in total. The molecule has 6 nitrogen and oxygen atoms in total. The lowest BCUT2D eigenvalue weighted by Gasteiger charge is -2.21. The zero-order valence-corrected chi connectivity index (χ0v) is 14.8. The van der Waals surface area contributed by atoms with Crippen molar-refractivity contribution in [3.05, 3.63) is 29.8 Å². The largest absolute Gasteiger partial charge is 0.497 e. The van der Waals surface area contributed by atoms with Crippen LogP contribution in [0.5, 0.6) is 5.75 Å². The number of amides is 3. The Bertz CT molecular complexity index is 592. The molecule has 0 saturated heterocycles. The van der Waals surface area contributed by atoms with Gasteiger partial charge in [-0.05, 0) is 43.4 Å². The van der Waals surface area contributed by atoms with Crippen LogP contribution in [0, 0.1) is 0 Å². The van der Waals surface area contributed by atoms with Crippen LogP contribution in [0.15, 0.2) is 24.3 Å². The molecular formula is C19H27N3O3. The second-order valence-corrected chi connectivity index (χ2v) is 6.99. The van der Waals surface area contributed by atoms with Crippen molar-refractivity contribution in [2.24, 2.45) is 0 Å². The number of urea groups is 1. The molecule has 0 heterocycles. The van der Waals surface area contributed by atoms with Crippen LogP contribution in [-0.4, -0.2) is 42.6 Å². The predicted molar refractivity (Wildman–Crippen MR) is 95.4 cm³/mol. The summed E-state index contributed by atoms with van der Waals surface area (Å²) in [5, 5.41) is 5.36. The number of nitrogens with one attached hydrogen (secondary N) is 2. The van der Waals surface area contributed by atoms with E-state index in [9.17, 15) is 9.59 Å². The predicted octanol–water partition coefficient (Wildman–Crippen LogP) is 2.43. The molecule has 2 aliphatic rings. The number of benzene rings is 1. The van der Waals surface area contributed by atoms with Crippen molar-refractivity contribution < 1.29 is 14.3 Å². The van der Waals surface area contributed by atoms with E-state index in [1.807, 2.05) is 24.3 Å². The first-order chi connectivity index (χ1) is 12.1. The van der Waals surface area contributed by atoms with Crippen LogP contribution in [0.1, 0.15) is 44.1 Å². The van der Waals surface area contributed by atoms with E-state index < -0.39 is 0 Å². The third-order valence-corrected chi connectivity index (χ3v) is 4.90. The fourth-order valence-corrected chi connectivity index (χ4v) is 3.36. The number of methoxy groups -OCH3 is 1. The quantitative estimate of drug-likeness (QED) is 0.796. The van der Waals surface area contributed by atoms with Crippen molar-refractivity contribution in [3.8, 4) is 5.75 Å². The lowest BCUT2D eigenvalue weighted by molar-refractivity contribution is -0.121. The van der Waals surface area contributed by atoms with Crippen molar-refractivity contribution in [2.75, 3.05) is 13.7 Å². The number of carbonyl (C=O) groups is 2. The van der Waals surface area contributed by atoms with Gasteiger partial charge in [-0.15, -0.1) is 0 Å². The fourth-order valence-electron chi connectivity index (χ4n) is 3.36. The Morgan fingerprint density at radius 2 is 1.80 bits per heavy atom. The van der Waals surface area contributed by atoms with Crippen LogP contribution in [0.4, 0.5) is 4.79 Å². The zero-order chi connectivity index (χ0) is 17.6. The maximum atomic E-state index is 12.2. The molecule has 0 radical (unpaired) electrons. The second kappa shape index (κ2) is 8.34. The van der Waals surface area contributed by atoms with E-state index in [-0.39, 0.29) is 24.5 Å². The van der Waals surface area contributed by atoms with Gasteiger partial charge in [0, 0.05) is 18.6 Å². The molecule has 1 aromatic rings. The molecule has 3 amide bonds. The van der Waals surface area contributed by atoms with Gasteiger partial charge in [0.05, 0.1) is 13.7 Å². The van der Waals surface area contributed by atoms with Gasteiger partial charge in [-0.25, -0.2) is 4.79 Å². The Morgan fingerprint density at radius 3 is 2.40 bits per heavy atom. The standard InChI is InChI=1S/C19H27N3O3/c1-25-17-10-6-14(7-11-17)12-22(16-8-9-16)13-18(23)21-19(24)20-15-4-2-3-5-15/h6-7,10-11,15-16H,2-5,8-9,12-13H2,1H3,(H2,20,21,23,24). The van der Waals surface area contributed by atoms with Crippen molar-refractivity contribution in [2.45, 2.75) is 57.2 Å². The van der Waals surface area contributed by atoms with Gasteiger partial charge in [-0.2, -0.15) is 0 Å². The van der Waals surface area contributed by atoms with Gasteiger partial charge in [0.25, 0.3) is 0 Å². The molecule has 6 heteroatoms. The van der Waals surface area contributed by atoms with E-state index in [1.54, 1.807) is 7.11 Å². The van der Waals surface area contributed by atoms with E-state index in [4.69, 9.17) is 4.74 Å². The average molecular weight is 345 g/mol. The lowest BCUT2D eigenvalue weighted by Crippen LogP contribution is -2.47. The molecule has 136 valence electrons. The maximum absolute atomic E-state index is 12.2. The molecule has 3 rings (SSSR count). The number of carbonyl (C=O) groups excluding carboxylic acids is 2. The highest BCUT2D eigenvalue weighted by atomic mass is 16.5. The normalized spacial score (nSPS) is 17.5. The third-order valence-electron chi connectivity index (χ3n) is 4.90. The lowest BCUT2D eigenvalue weighted by atomic mass is 10.2. The highest BCUT2D eigenvalue weighted by Gasteiger charge is 2.30. The minimum absolute atomic E-state index is 0.214. The summed E-state index contributed by atoms with van der Waals surface area (Å²) >= 11 is 0. The van der Waals surface area contributed by atoms with Crippen LogP contribution in [0.2, 0.25) is 0 Å². The monoisotopic (exact) mass is 345 g/mol. The number of ether oxygens (including phenoxy) is 1. The molecule has 2 fully saturated rings. The van der Waals surface area contributed by atoms with Crippen LogP contribution in [0.25, 0.3) is 0 Å². The fraction of sp³-hybridized carbons (Fsp3) is 0.579. The summed E-state index contributed by atoms with van der Waals surface area (Å²) < 4.78 is 5.17. The van der Waals surface area contributed by atoms with E-state index in [1.165, 1.54) is 0 Å². The number of imide groups is 1. The van der Waals surface area contributed by atoms with Crippen molar-refractivity contribution in [1.29, 1.82) is 0 Å². The van der Waals surface area contributed by atoms with Gasteiger partial charge in [0.1, 0.15) is 5.75 Å². The molecule has 0 spiro atoms. The molecule has 0 bridgehead atoms. The summed E-state index contributed by atoms with van der Waals surface area (Å²) in [4.78, 5) is 26.3. The summed E-state index contributed by atoms with van der Waals surface area (Å²) in [6.45, 7) is 0.946. The van der Waals surface area contributed by atoms with Crippen molar-refractivity contribution in [3.63, 3.8) is 0 Å². The van der Waals surface area contributed by atoms with Crippen molar-refractivity contribution in [1.82, 2.24) is 15.5 Å². The molecular weight excluding hydrogens is 318 g/mol. The SMILES string of the molecule is COc1ccc(CN(CC(=O)NC(=O)NC2CCCC2)C2CC2)cc1. The first kappa shape index (κ1) is 17.7. The Balaban J connectivity index is 1.48. The minimum atomic E-state index is -0.364. The summed E-state index contributed by atoms with van der Waals surface area (Å²) in [6.07, 6.45) is 6.53. The number of rotatable bonds is 7. The summed E-state index contributed by atoms with van der Waals surface area (Å²) in [7, 11) is 1.65. The van der Waals surface area contributed by atoms with Gasteiger partial charge < -0.3 is 10.1 Å². The molecule has 0 unspecified atom stereocenters. The van der Waals surface area contributed by atoms with Crippen LogP contribution >= 0.6 is 0 Å². The van der Waals surface area contributed by atoms with Gasteiger partial charge in [-0.1, -0.05) is 25.0 Å². The Morgan fingerprint density at radius 1 is 1.12 bits per heavy atom.